The molecule has 0 aromatic heterocycles. The second-order valence-electron chi connectivity index (χ2n) is 3.81. The van der Waals surface area contributed by atoms with E-state index in [0.717, 1.165) is 17.7 Å². The predicted octanol–water partition coefficient (Wildman–Crippen LogP) is 4.02. The van der Waals surface area contributed by atoms with Crippen LogP contribution in [0.15, 0.2) is 24.3 Å². The standard InChI is InChI=1S/C15H20O/c1-3-4-5-6-7-8-11-14-12-9-10-13-15(14)16-2/h9-10,12-13H,3-7H2,1-2H3. The fourth-order valence-corrected chi connectivity index (χ4v) is 1.55. The number of unbranched alkanes of at least 4 members (excludes halogenated alkanes) is 4. The lowest BCUT2D eigenvalue weighted by molar-refractivity contribution is 0.413. The summed E-state index contributed by atoms with van der Waals surface area (Å²) in [5.41, 5.74) is 0.987. The molecule has 0 aliphatic rings. The van der Waals surface area contributed by atoms with Gasteiger partial charge in [-0.1, -0.05) is 50.2 Å². The second kappa shape index (κ2) is 7.82. The van der Waals surface area contributed by atoms with E-state index >= 15 is 0 Å². The first-order valence-corrected chi connectivity index (χ1v) is 6.00. The second-order valence-corrected chi connectivity index (χ2v) is 3.81. The van der Waals surface area contributed by atoms with Gasteiger partial charge in [-0.05, 0) is 18.6 Å². The Bertz CT molecular complexity index is 357. The highest BCUT2D eigenvalue weighted by Gasteiger charge is 1.95. The van der Waals surface area contributed by atoms with Gasteiger partial charge in [-0.2, -0.15) is 0 Å². The van der Waals surface area contributed by atoms with Crippen LogP contribution in [0.5, 0.6) is 5.75 Å². The van der Waals surface area contributed by atoms with Crippen molar-refractivity contribution in [2.45, 2.75) is 39.0 Å². The summed E-state index contributed by atoms with van der Waals surface area (Å²) >= 11 is 0. The smallest absolute Gasteiger partial charge is 0.134 e. The van der Waals surface area contributed by atoms with Crippen molar-refractivity contribution in [1.29, 1.82) is 0 Å². The first-order chi connectivity index (χ1) is 7.88. The van der Waals surface area contributed by atoms with Gasteiger partial charge in [-0.25, -0.2) is 0 Å². The zero-order valence-corrected chi connectivity index (χ0v) is 10.3. The summed E-state index contributed by atoms with van der Waals surface area (Å²) in [4.78, 5) is 0. The van der Waals surface area contributed by atoms with Gasteiger partial charge in [0.05, 0.1) is 12.7 Å². The number of methoxy groups -OCH3 is 1. The lowest BCUT2D eigenvalue weighted by Gasteiger charge is -2.00. The number of benzene rings is 1. The zero-order chi connectivity index (χ0) is 11.6. The largest absolute Gasteiger partial charge is 0.495 e. The lowest BCUT2D eigenvalue weighted by atomic mass is 10.1. The molecule has 1 aromatic rings. The van der Waals surface area contributed by atoms with Crippen LogP contribution in [0.25, 0.3) is 0 Å². The molecule has 0 heterocycles. The monoisotopic (exact) mass is 216 g/mol. The zero-order valence-electron chi connectivity index (χ0n) is 10.3. The molecule has 1 heteroatoms. The van der Waals surface area contributed by atoms with Crippen LogP contribution in [0.3, 0.4) is 0 Å². The van der Waals surface area contributed by atoms with Crippen LogP contribution in [0.4, 0.5) is 0 Å². The van der Waals surface area contributed by atoms with E-state index in [4.69, 9.17) is 4.74 Å². The Kier molecular flexibility index (Phi) is 6.18. The quantitative estimate of drug-likeness (QED) is 0.533. The molecule has 0 bridgehead atoms. The minimum absolute atomic E-state index is 0.864. The Hall–Kier alpha value is -1.42. The van der Waals surface area contributed by atoms with E-state index in [9.17, 15) is 0 Å². The minimum Gasteiger partial charge on any atom is -0.495 e. The Morgan fingerprint density at radius 2 is 1.94 bits per heavy atom. The average molecular weight is 216 g/mol. The molecule has 86 valence electrons. The van der Waals surface area contributed by atoms with Crippen LogP contribution >= 0.6 is 0 Å². The number of hydrogen-bond acceptors (Lipinski definition) is 1. The van der Waals surface area contributed by atoms with Gasteiger partial charge in [-0.3, -0.25) is 0 Å². The molecule has 0 amide bonds. The van der Waals surface area contributed by atoms with Gasteiger partial charge in [0.2, 0.25) is 0 Å². The van der Waals surface area contributed by atoms with E-state index in [2.05, 4.69) is 18.8 Å². The van der Waals surface area contributed by atoms with Crippen molar-refractivity contribution >= 4 is 0 Å². The van der Waals surface area contributed by atoms with Crippen molar-refractivity contribution in [1.82, 2.24) is 0 Å². The molecule has 0 spiro atoms. The molecular formula is C15H20O. The van der Waals surface area contributed by atoms with Crippen molar-refractivity contribution in [2.75, 3.05) is 7.11 Å². The third-order valence-electron chi connectivity index (χ3n) is 2.49. The van der Waals surface area contributed by atoms with Gasteiger partial charge in [0, 0.05) is 6.42 Å². The van der Waals surface area contributed by atoms with Gasteiger partial charge in [0.25, 0.3) is 0 Å². The molecule has 1 nitrogen and oxygen atoms in total. The van der Waals surface area contributed by atoms with Crippen molar-refractivity contribution in [3.05, 3.63) is 29.8 Å². The molecule has 0 atom stereocenters. The summed E-state index contributed by atoms with van der Waals surface area (Å²) in [7, 11) is 1.68. The van der Waals surface area contributed by atoms with Crippen molar-refractivity contribution in [2.24, 2.45) is 0 Å². The van der Waals surface area contributed by atoms with Gasteiger partial charge in [0.15, 0.2) is 0 Å². The highest BCUT2D eigenvalue weighted by atomic mass is 16.5. The highest BCUT2D eigenvalue weighted by Crippen LogP contribution is 2.15. The van der Waals surface area contributed by atoms with Crippen LogP contribution in [-0.2, 0) is 0 Å². The predicted molar refractivity (Wildman–Crippen MR) is 68.6 cm³/mol. The number of ether oxygens (including phenoxy) is 1. The summed E-state index contributed by atoms with van der Waals surface area (Å²) in [5, 5.41) is 0. The molecule has 0 radical (unpaired) electrons. The SMILES string of the molecule is CCCCCCC#Cc1ccccc1OC. The molecule has 0 aliphatic carbocycles. The summed E-state index contributed by atoms with van der Waals surface area (Å²) in [5.74, 6) is 7.24. The topological polar surface area (TPSA) is 9.23 Å². The van der Waals surface area contributed by atoms with Crippen molar-refractivity contribution in [3.63, 3.8) is 0 Å². The molecule has 0 N–H and O–H groups in total. The van der Waals surface area contributed by atoms with Crippen LogP contribution in [0.1, 0.15) is 44.6 Å². The Morgan fingerprint density at radius 3 is 2.69 bits per heavy atom. The Labute approximate surface area is 98.8 Å². The van der Waals surface area contributed by atoms with Gasteiger partial charge in [-0.15, -0.1) is 0 Å². The average Bonchev–Trinajstić information content (AvgIpc) is 2.34. The van der Waals surface area contributed by atoms with E-state index in [1.165, 1.54) is 25.7 Å². The maximum atomic E-state index is 5.24. The van der Waals surface area contributed by atoms with Crippen LogP contribution in [0, 0.1) is 11.8 Å². The van der Waals surface area contributed by atoms with E-state index in [1.54, 1.807) is 7.11 Å². The van der Waals surface area contributed by atoms with Gasteiger partial charge in [0.1, 0.15) is 5.75 Å². The molecule has 1 aromatic carbocycles. The van der Waals surface area contributed by atoms with E-state index in [1.807, 2.05) is 24.3 Å². The normalized spacial score (nSPS) is 9.38. The molecule has 0 unspecified atom stereocenters. The third kappa shape index (κ3) is 4.40. The van der Waals surface area contributed by atoms with Gasteiger partial charge >= 0.3 is 0 Å². The third-order valence-corrected chi connectivity index (χ3v) is 2.49. The minimum atomic E-state index is 0.864. The molecule has 1 rings (SSSR count). The number of rotatable bonds is 5. The summed E-state index contributed by atoms with van der Waals surface area (Å²) in [6, 6.07) is 7.90. The van der Waals surface area contributed by atoms with E-state index < -0.39 is 0 Å². The van der Waals surface area contributed by atoms with Crippen molar-refractivity contribution < 1.29 is 4.74 Å². The van der Waals surface area contributed by atoms with E-state index in [-0.39, 0.29) is 0 Å². The Balaban J connectivity index is 2.43. The van der Waals surface area contributed by atoms with Crippen LogP contribution < -0.4 is 4.74 Å². The van der Waals surface area contributed by atoms with Crippen LogP contribution in [-0.4, -0.2) is 7.11 Å². The summed E-state index contributed by atoms with van der Waals surface area (Å²) in [6.07, 6.45) is 6.07. The number of para-hydroxylation sites is 1. The van der Waals surface area contributed by atoms with Crippen LogP contribution in [0.2, 0.25) is 0 Å². The first-order valence-electron chi connectivity index (χ1n) is 6.00. The molecule has 0 saturated carbocycles. The Morgan fingerprint density at radius 1 is 1.12 bits per heavy atom. The molecular weight excluding hydrogens is 196 g/mol. The maximum absolute atomic E-state index is 5.24. The first kappa shape index (κ1) is 12.6. The molecule has 16 heavy (non-hydrogen) atoms. The summed E-state index contributed by atoms with van der Waals surface area (Å²) in [6.45, 7) is 2.22. The number of hydrogen-bond donors (Lipinski definition) is 0. The van der Waals surface area contributed by atoms with E-state index in [0.29, 0.717) is 0 Å². The molecule has 0 aliphatic heterocycles. The fourth-order valence-electron chi connectivity index (χ4n) is 1.55. The highest BCUT2D eigenvalue weighted by molar-refractivity contribution is 5.45. The molecule has 0 fully saturated rings. The fraction of sp³-hybridized carbons (Fsp3) is 0.467. The maximum Gasteiger partial charge on any atom is 0.134 e. The van der Waals surface area contributed by atoms with Gasteiger partial charge < -0.3 is 4.74 Å². The van der Waals surface area contributed by atoms with Crippen molar-refractivity contribution in [3.8, 4) is 17.6 Å². The summed E-state index contributed by atoms with van der Waals surface area (Å²) < 4.78 is 5.24. The lowest BCUT2D eigenvalue weighted by Crippen LogP contribution is -1.86. The molecule has 0 saturated heterocycles.